The molecule has 3 aromatic carbocycles. The minimum Gasteiger partial charge on any atom is -0.504 e. The van der Waals surface area contributed by atoms with Crippen LogP contribution in [0.25, 0.3) is 0 Å². The highest BCUT2D eigenvalue weighted by Crippen LogP contribution is 2.43. The Balaban J connectivity index is 1.37. The summed E-state index contributed by atoms with van der Waals surface area (Å²) in [7, 11) is 0. The van der Waals surface area contributed by atoms with Gasteiger partial charge in [-0.2, -0.15) is 0 Å². The van der Waals surface area contributed by atoms with Crippen LogP contribution in [0.3, 0.4) is 0 Å². The van der Waals surface area contributed by atoms with Crippen LogP contribution in [0.4, 0.5) is 5.69 Å². The zero-order chi connectivity index (χ0) is 29.7. The smallest absolute Gasteiger partial charge is 0.259 e. The molecule has 1 amide bonds. The zero-order valence-electron chi connectivity index (χ0n) is 21.3. The molecule has 1 fully saturated rings. The van der Waals surface area contributed by atoms with Crippen LogP contribution in [-0.4, -0.2) is 97.3 Å². The number of rotatable bonds is 10. The Bertz CT molecular complexity index is 1370. The van der Waals surface area contributed by atoms with E-state index >= 15 is 0 Å². The standard InChI is InChI=1S/C27H29NO13/c29-15-6-3-4-13(20(15)31)26(36)28-14-5-1-2-7-17(14)38-10-11-39-18-9-8-16(30)21(32)25(18)40-12-19-22(33)23(34)24(35)27(37)41-19/h1-9,19,22-24,27,29-35,37H,10-12H2,(H,28,36)/t19-,22-,23+,24-,27-/m1/s1. The van der Waals surface area contributed by atoms with Crippen LogP contribution < -0.4 is 19.5 Å². The van der Waals surface area contributed by atoms with Gasteiger partial charge < -0.3 is 65.1 Å². The van der Waals surface area contributed by atoms with Crippen molar-refractivity contribution in [3.63, 3.8) is 0 Å². The van der Waals surface area contributed by atoms with E-state index in [1.807, 2.05) is 0 Å². The Morgan fingerprint density at radius 1 is 0.732 bits per heavy atom. The number of amides is 1. The summed E-state index contributed by atoms with van der Waals surface area (Å²) < 4.78 is 21.9. The number of aliphatic hydroxyl groups is 4. The van der Waals surface area contributed by atoms with Crippen molar-refractivity contribution in [2.24, 2.45) is 0 Å². The number of phenols is 4. The summed E-state index contributed by atoms with van der Waals surface area (Å²) in [6.07, 6.45) is -8.15. The summed E-state index contributed by atoms with van der Waals surface area (Å²) in [6, 6.07) is 12.9. The first-order chi connectivity index (χ1) is 19.6. The minimum absolute atomic E-state index is 0.0312. The van der Waals surface area contributed by atoms with Crippen LogP contribution >= 0.6 is 0 Å². The summed E-state index contributed by atoms with van der Waals surface area (Å²) in [5, 5.41) is 81.7. The first-order valence-electron chi connectivity index (χ1n) is 12.3. The van der Waals surface area contributed by atoms with Crippen LogP contribution in [0.5, 0.6) is 40.2 Å². The normalized spacial score (nSPS) is 22.1. The maximum Gasteiger partial charge on any atom is 0.259 e. The van der Waals surface area contributed by atoms with Crippen LogP contribution in [-0.2, 0) is 4.74 Å². The molecule has 220 valence electrons. The summed E-state index contributed by atoms with van der Waals surface area (Å²) in [4.78, 5) is 12.6. The predicted molar refractivity (Wildman–Crippen MR) is 139 cm³/mol. The highest BCUT2D eigenvalue weighted by molar-refractivity contribution is 6.07. The van der Waals surface area contributed by atoms with Gasteiger partial charge in [0.25, 0.3) is 5.91 Å². The van der Waals surface area contributed by atoms with Crippen molar-refractivity contribution in [3.8, 4) is 40.2 Å². The number of phenolic OH excluding ortho intramolecular Hbond substituents is 4. The second-order valence-corrected chi connectivity index (χ2v) is 8.93. The van der Waals surface area contributed by atoms with Gasteiger partial charge in [-0.25, -0.2) is 0 Å². The molecule has 0 aromatic heterocycles. The molecule has 1 saturated heterocycles. The largest absolute Gasteiger partial charge is 0.504 e. The molecule has 14 heteroatoms. The van der Waals surface area contributed by atoms with Gasteiger partial charge in [-0.3, -0.25) is 4.79 Å². The monoisotopic (exact) mass is 575 g/mol. The lowest BCUT2D eigenvalue weighted by molar-refractivity contribution is -0.285. The summed E-state index contributed by atoms with van der Waals surface area (Å²) in [5.41, 5.74) is 0.126. The fourth-order valence-corrected chi connectivity index (χ4v) is 3.93. The second kappa shape index (κ2) is 12.8. The molecule has 41 heavy (non-hydrogen) atoms. The van der Waals surface area contributed by atoms with Crippen molar-refractivity contribution >= 4 is 11.6 Å². The van der Waals surface area contributed by atoms with E-state index in [9.17, 15) is 45.6 Å². The third-order valence-corrected chi connectivity index (χ3v) is 6.15. The number of aromatic hydroxyl groups is 4. The molecule has 0 aliphatic carbocycles. The Kier molecular flexibility index (Phi) is 9.21. The molecular weight excluding hydrogens is 546 g/mol. The van der Waals surface area contributed by atoms with Gasteiger partial charge >= 0.3 is 0 Å². The van der Waals surface area contributed by atoms with Gasteiger partial charge in [0.05, 0.1) is 11.3 Å². The highest BCUT2D eigenvalue weighted by Gasteiger charge is 2.43. The van der Waals surface area contributed by atoms with E-state index in [1.165, 1.54) is 24.3 Å². The van der Waals surface area contributed by atoms with Gasteiger partial charge in [0, 0.05) is 0 Å². The Hall–Kier alpha value is -4.47. The lowest BCUT2D eigenvalue weighted by Crippen LogP contribution is -2.58. The molecule has 1 aliphatic rings. The number of hydrogen-bond acceptors (Lipinski definition) is 13. The van der Waals surface area contributed by atoms with Crippen molar-refractivity contribution in [2.45, 2.75) is 30.7 Å². The molecular formula is C27H29NO13. The molecule has 0 saturated carbocycles. The topological polar surface area (TPSA) is 228 Å². The molecule has 0 radical (unpaired) electrons. The lowest BCUT2D eigenvalue weighted by atomic mass is 9.99. The second-order valence-electron chi connectivity index (χ2n) is 8.93. The number of benzene rings is 3. The van der Waals surface area contributed by atoms with E-state index in [0.29, 0.717) is 0 Å². The van der Waals surface area contributed by atoms with E-state index in [1.54, 1.807) is 24.3 Å². The van der Waals surface area contributed by atoms with Gasteiger partial charge in [-0.15, -0.1) is 0 Å². The van der Waals surface area contributed by atoms with Crippen molar-refractivity contribution in [1.29, 1.82) is 0 Å². The number of nitrogens with one attached hydrogen (secondary N) is 1. The van der Waals surface area contributed by atoms with E-state index in [0.717, 1.165) is 6.07 Å². The molecule has 0 unspecified atom stereocenters. The lowest BCUT2D eigenvalue weighted by Gasteiger charge is -2.38. The number of para-hydroxylation sites is 3. The van der Waals surface area contributed by atoms with Gasteiger partial charge in [-0.1, -0.05) is 18.2 Å². The first kappa shape index (κ1) is 29.5. The summed E-state index contributed by atoms with van der Waals surface area (Å²) >= 11 is 0. The van der Waals surface area contributed by atoms with Crippen LogP contribution in [0.15, 0.2) is 54.6 Å². The first-order valence-corrected chi connectivity index (χ1v) is 12.3. The van der Waals surface area contributed by atoms with Crippen LogP contribution in [0.1, 0.15) is 10.4 Å². The van der Waals surface area contributed by atoms with Gasteiger partial charge in [0.15, 0.2) is 29.3 Å². The van der Waals surface area contributed by atoms with Crippen molar-refractivity contribution in [1.82, 2.24) is 0 Å². The predicted octanol–water partition coefficient (Wildman–Crippen LogP) is 0.398. The molecule has 9 N–H and O–H groups in total. The maximum absolute atomic E-state index is 12.6. The van der Waals surface area contributed by atoms with E-state index in [4.69, 9.17) is 18.9 Å². The Labute approximate surface area is 232 Å². The van der Waals surface area contributed by atoms with E-state index < -0.39 is 66.2 Å². The molecule has 14 nitrogen and oxygen atoms in total. The molecule has 1 aliphatic heterocycles. The Morgan fingerprint density at radius 3 is 2.17 bits per heavy atom. The number of anilines is 1. The average Bonchev–Trinajstić information content (AvgIpc) is 2.96. The summed E-state index contributed by atoms with van der Waals surface area (Å²) in [5.74, 6) is -3.01. The highest BCUT2D eigenvalue weighted by atomic mass is 16.6. The van der Waals surface area contributed by atoms with Gasteiger partial charge in [0.1, 0.15) is 50.0 Å². The fourth-order valence-electron chi connectivity index (χ4n) is 3.93. The zero-order valence-corrected chi connectivity index (χ0v) is 21.3. The number of ether oxygens (including phenoxy) is 4. The van der Waals surface area contributed by atoms with Crippen molar-refractivity contribution in [3.05, 3.63) is 60.2 Å². The molecule has 1 heterocycles. The summed E-state index contributed by atoms with van der Waals surface area (Å²) in [6.45, 7) is -0.678. The molecule has 5 atom stereocenters. The maximum atomic E-state index is 12.6. The van der Waals surface area contributed by atoms with Gasteiger partial charge in [0.2, 0.25) is 11.5 Å². The third kappa shape index (κ3) is 6.65. The Morgan fingerprint density at radius 2 is 1.41 bits per heavy atom. The molecule has 4 rings (SSSR count). The molecule has 0 bridgehead atoms. The number of carbonyl (C=O) groups excluding carboxylic acids is 1. The minimum atomic E-state index is -1.79. The number of aliphatic hydroxyl groups excluding tert-OH is 4. The SMILES string of the molecule is O=C(Nc1ccccc1OCCOc1ccc(O)c(O)c1OC[C@H]1O[C@@H](O)[C@H](O)[C@@H](O)[C@@H]1O)c1cccc(O)c1O. The van der Waals surface area contributed by atoms with Crippen LogP contribution in [0.2, 0.25) is 0 Å². The molecule has 3 aromatic rings. The van der Waals surface area contributed by atoms with E-state index in [-0.39, 0.29) is 41.7 Å². The van der Waals surface area contributed by atoms with Gasteiger partial charge in [-0.05, 0) is 36.4 Å². The fraction of sp³-hybridized carbons (Fsp3) is 0.296. The average molecular weight is 576 g/mol. The quantitative estimate of drug-likeness (QED) is 0.118. The third-order valence-electron chi connectivity index (χ3n) is 6.15. The van der Waals surface area contributed by atoms with Crippen molar-refractivity contribution < 1.29 is 64.6 Å². The number of carbonyl (C=O) groups is 1. The molecule has 0 spiro atoms. The van der Waals surface area contributed by atoms with Crippen LogP contribution in [0, 0.1) is 0 Å². The van der Waals surface area contributed by atoms with Crippen molar-refractivity contribution in [2.75, 3.05) is 25.1 Å². The van der Waals surface area contributed by atoms with E-state index in [2.05, 4.69) is 5.32 Å². The number of hydrogen-bond donors (Lipinski definition) is 9.